The van der Waals surface area contributed by atoms with Crippen LogP contribution in [0.25, 0.3) is 0 Å². The molecular weight excluding hydrogens is 333 g/mol. The van der Waals surface area contributed by atoms with E-state index in [0.29, 0.717) is 11.1 Å². The van der Waals surface area contributed by atoms with Crippen LogP contribution in [-0.4, -0.2) is 30.3 Å². The lowest BCUT2D eigenvalue weighted by atomic mass is 10.1. The molecule has 25 heavy (non-hydrogen) atoms. The summed E-state index contributed by atoms with van der Waals surface area (Å²) in [4.78, 5) is 25.3. The third-order valence-electron chi connectivity index (χ3n) is 3.56. The van der Waals surface area contributed by atoms with Crippen molar-refractivity contribution in [3.05, 3.63) is 71.3 Å². The number of halogens is 3. The first kappa shape index (κ1) is 18.5. The number of carbonyl (C=O) groups is 2. The van der Waals surface area contributed by atoms with Crippen LogP contribution < -0.4 is 5.32 Å². The van der Waals surface area contributed by atoms with E-state index in [0.717, 1.165) is 12.1 Å². The van der Waals surface area contributed by atoms with E-state index in [4.69, 9.17) is 0 Å². The van der Waals surface area contributed by atoms with Gasteiger partial charge in [0.25, 0.3) is 5.91 Å². The second-order valence-corrected chi connectivity index (χ2v) is 5.49. The second kappa shape index (κ2) is 7.83. The summed E-state index contributed by atoms with van der Waals surface area (Å²) in [6, 6.07) is 13.1. The van der Waals surface area contributed by atoms with Gasteiger partial charge in [-0.15, -0.1) is 0 Å². The maximum absolute atomic E-state index is 12.5. The molecular formula is C18H17F3N2O2. The summed E-state index contributed by atoms with van der Waals surface area (Å²) in [5.41, 5.74) is 0.277. The van der Waals surface area contributed by atoms with Crippen LogP contribution in [0.4, 0.5) is 13.2 Å². The molecule has 0 bridgehead atoms. The molecule has 0 aliphatic heterocycles. The zero-order valence-electron chi connectivity index (χ0n) is 13.5. The molecule has 0 saturated heterocycles. The van der Waals surface area contributed by atoms with E-state index in [9.17, 15) is 22.8 Å². The van der Waals surface area contributed by atoms with Crippen molar-refractivity contribution < 1.29 is 22.8 Å². The molecule has 0 radical (unpaired) electrons. The fourth-order valence-electron chi connectivity index (χ4n) is 2.14. The number of carbonyl (C=O) groups excluding carboxylic acids is 2. The fourth-order valence-corrected chi connectivity index (χ4v) is 2.14. The van der Waals surface area contributed by atoms with Crippen LogP contribution in [0.2, 0.25) is 0 Å². The molecule has 0 heterocycles. The van der Waals surface area contributed by atoms with E-state index in [-0.39, 0.29) is 24.9 Å². The highest BCUT2D eigenvalue weighted by Gasteiger charge is 2.29. The molecule has 7 heteroatoms. The molecule has 2 amide bonds. The standard InChI is InChI=1S/C18H17F3N2O2/c1-23(12-13-7-9-15(10-8-13)18(19,20)21)16(24)11-22-17(25)14-5-3-2-4-6-14/h2-10H,11-12H2,1H3,(H,22,25). The van der Waals surface area contributed by atoms with Crippen LogP contribution in [0.1, 0.15) is 21.5 Å². The van der Waals surface area contributed by atoms with Crippen molar-refractivity contribution in [3.8, 4) is 0 Å². The van der Waals surface area contributed by atoms with E-state index in [2.05, 4.69) is 5.32 Å². The highest BCUT2D eigenvalue weighted by atomic mass is 19.4. The molecule has 0 aliphatic rings. The molecule has 2 aromatic rings. The lowest BCUT2D eigenvalue weighted by molar-refractivity contribution is -0.137. The summed E-state index contributed by atoms with van der Waals surface area (Å²) in [5.74, 6) is -0.707. The van der Waals surface area contributed by atoms with Gasteiger partial charge >= 0.3 is 6.18 Å². The van der Waals surface area contributed by atoms with Crippen LogP contribution in [0.5, 0.6) is 0 Å². The minimum absolute atomic E-state index is 0.151. The van der Waals surface area contributed by atoms with Crippen molar-refractivity contribution in [1.82, 2.24) is 10.2 Å². The lowest BCUT2D eigenvalue weighted by Gasteiger charge is -2.18. The van der Waals surface area contributed by atoms with Crippen molar-refractivity contribution >= 4 is 11.8 Å². The first-order chi connectivity index (χ1) is 11.8. The van der Waals surface area contributed by atoms with Gasteiger partial charge in [-0.05, 0) is 29.8 Å². The number of benzene rings is 2. The summed E-state index contributed by atoms with van der Waals surface area (Å²) in [5, 5.41) is 2.52. The minimum Gasteiger partial charge on any atom is -0.343 e. The average Bonchev–Trinajstić information content (AvgIpc) is 2.59. The zero-order chi connectivity index (χ0) is 18.4. The van der Waals surface area contributed by atoms with Crippen LogP contribution in [0.15, 0.2) is 54.6 Å². The SMILES string of the molecule is CN(Cc1ccc(C(F)(F)F)cc1)C(=O)CNC(=O)c1ccccc1. The van der Waals surface area contributed by atoms with Crippen LogP contribution >= 0.6 is 0 Å². The number of nitrogens with one attached hydrogen (secondary N) is 1. The first-order valence-electron chi connectivity index (χ1n) is 7.50. The molecule has 1 N–H and O–H groups in total. The number of nitrogens with zero attached hydrogens (tertiary/aromatic N) is 1. The summed E-state index contributed by atoms with van der Waals surface area (Å²) in [7, 11) is 1.52. The summed E-state index contributed by atoms with van der Waals surface area (Å²) in [6.45, 7) is -0.0387. The van der Waals surface area contributed by atoms with Gasteiger partial charge in [-0.2, -0.15) is 13.2 Å². The molecule has 2 rings (SSSR count). The number of hydrogen-bond donors (Lipinski definition) is 1. The molecule has 0 unspecified atom stereocenters. The summed E-state index contributed by atoms with van der Waals surface area (Å²) >= 11 is 0. The van der Waals surface area contributed by atoms with Crippen LogP contribution in [0.3, 0.4) is 0 Å². The third-order valence-corrected chi connectivity index (χ3v) is 3.56. The van der Waals surface area contributed by atoms with Gasteiger partial charge in [0.1, 0.15) is 0 Å². The Morgan fingerprint density at radius 1 is 1.00 bits per heavy atom. The van der Waals surface area contributed by atoms with E-state index in [1.54, 1.807) is 30.3 Å². The third kappa shape index (κ3) is 5.34. The molecule has 0 fully saturated rings. The fraction of sp³-hybridized carbons (Fsp3) is 0.222. The number of hydrogen-bond acceptors (Lipinski definition) is 2. The zero-order valence-corrected chi connectivity index (χ0v) is 13.5. The van der Waals surface area contributed by atoms with Gasteiger partial charge in [0, 0.05) is 19.2 Å². The number of rotatable bonds is 5. The van der Waals surface area contributed by atoms with Gasteiger partial charge < -0.3 is 10.2 Å². The molecule has 0 atom stereocenters. The largest absolute Gasteiger partial charge is 0.416 e. The maximum Gasteiger partial charge on any atom is 0.416 e. The van der Waals surface area contributed by atoms with Gasteiger partial charge in [0.15, 0.2) is 0 Å². The van der Waals surface area contributed by atoms with Gasteiger partial charge in [-0.1, -0.05) is 30.3 Å². The molecule has 0 spiro atoms. The van der Waals surface area contributed by atoms with Crippen molar-refractivity contribution in [2.24, 2.45) is 0 Å². The van der Waals surface area contributed by atoms with Crippen molar-refractivity contribution in [2.45, 2.75) is 12.7 Å². The quantitative estimate of drug-likeness (QED) is 0.901. The molecule has 0 aliphatic carbocycles. The lowest BCUT2D eigenvalue weighted by Crippen LogP contribution is -2.37. The summed E-state index contributed by atoms with van der Waals surface area (Å²) in [6.07, 6.45) is -4.39. The van der Waals surface area contributed by atoms with E-state index in [1.165, 1.54) is 24.1 Å². The molecule has 0 saturated carbocycles. The van der Waals surface area contributed by atoms with Crippen LogP contribution in [0, 0.1) is 0 Å². The first-order valence-corrected chi connectivity index (χ1v) is 7.50. The van der Waals surface area contributed by atoms with Crippen molar-refractivity contribution in [1.29, 1.82) is 0 Å². The monoisotopic (exact) mass is 350 g/mol. The topological polar surface area (TPSA) is 49.4 Å². The Morgan fingerprint density at radius 2 is 1.60 bits per heavy atom. The molecule has 4 nitrogen and oxygen atoms in total. The average molecular weight is 350 g/mol. The molecule has 2 aromatic carbocycles. The maximum atomic E-state index is 12.5. The number of amides is 2. The Bertz CT molecular complexity index is 728. The number of likely N-dealkylation sites (N-methyl/N-ethyl adjacent to an activating group) is 1. The van der Waals surface area contributed by atoms with E-state index in [1.807, 2.05) is 0 Å². The molecule has 0 aromatic heterocycles. The molecule has 132 valence electrons. The second-order valence-electron chi connectivity index (χ2n) is 5.49. The van der Waals surface area contributed by atoms with Gasteiger partial charge in [-0.3, -0.25) is 9.59 Å². The van der Waals surface area contributed by atoms with Gasteiger partial charge in [0.2, 0.25) is 5.91 Å². The Hall–Kier alpha value is -2.83. The normalized spacial score (nSPS) is 11.0. The van der Waals surface area contributed by atoms with Gasteiger partial charge in [-0.25, -0.2) is 0 Å². The van der Waals surface area contributed by atoms with Crippen LogP contribution in [-0.2, 0) is 17.5 Å². The highest BCUT2D eigenvalue weighted by molar-refractivity contribution is 5.96. The predicted octanol–water partition coefficient (Wildman–Crippen LogP) is 3.09. The smallest absolute Gasteiger partial charge is 0.343 e. The predicted molar refractivity (Wildman–Crippen MR) is 86.7 cm³/mol. The number of alkyl halides is 3. The summed E-state index contributed by atoms with van der Waals surface area (Å²) < 4.78 is 37.6. The van der Waals surface area contributed by atoms with E-state index < -0.39 is 11.7 Å². The highest BCUT2D eigenvalue weighted by Crippen LogP contribution is 2.29. The Labute approximate surface area is 143 Å². The van der Waals surface area contributed by atoms with E-state index >= 15 is 0 Å². The minimum atomic E-state index is -4.39. The Kier molecular flexibility index (Phi) is 5.80. The van der Waals surface area contributed by atoms with Crippen molar-refractivity contribution in [2.75, 3.05) is 13.6 Å². The van der Waals surface area contributed by atoms with Crippen molar-refractivity contribution in [3.63, 3.8) is 0 Å². The Balaban J connectivity index is 1.87. The Morgan fingerprint density at radius 3 is 2.16 bits per heavy atom. The van der Waals surface area contributed by atoms with Gasteiger partial charge in [0.05, 0.1) is 12.1 Å².